The van der Waals surface area contributed by atoms with Gasteiger partial charge in [0.25, 0.3) is 5.91 Å². The molecule has 6 nitrogen and oxygen atoms in total. The maximum atomic E-state index is 11.5. The normalized spacial score (nSPS) is 21.8. The zero-order valence-electron chi connectivity index (χ0n) is 8.09. The lowest BCUT2D eigenvalue weighted by molar-refractivity contribution is -0.121. The third-order valence-corrected chi connectivity index (χ3v) is 1.77. The largest absolute Gasteiger partial charge is 0.360 e. The van der Waals surface area contributed by atoms with Crippen molar-refractivity contribution in [1.29, 1.82) is 0 Å². The molecule has 1 saturated heterocycles. The van der Waals surface area contributed by atoms with Gasteiger partial charge in [0.2, 0.25) is 0 Å². The Morgan fingerprint density at radius 1 is 1.47 bits per heavy atom. The maximum absolute atomic E-state index is 11.5. The number of hydrogen-bond donors (Lipinski definition) is 4. The number of carbonyl (C=O) groups excluding carboxylic acids is 2. The molecule has 1 rings (SSSR count). The van der Waals surface area contributed by atoms with Crippen molar-refractivity contribution in [1.82, 2.24) is 21.3 Å². The molecule has 1 unspecified atom stereocenters. The van der Waals surface area contributed by atoms with Crippen molar-refractivity contribution in [3.8, 4) is 12.3 Å². The van der Waals surface area contributed by atoms with E-state index in [0.29, 0.717) is 5.82 Å². The maximum Gasteiger partial charge on any atom is 0.322 e. The van der Waals surface area contributed by atoms with Crippen molar-refractivity contribution in [2.45, 2.75) is 12.5 Å². The summed E-state index contributed by atoms with van der Waals surface area (Å²) >= 11 is 0. The lowest BCUT2D eigenvalue weighted by atomic mass is 10.2. The van der Waals surface area contributed by atoms with E-state index in [2.05, 4.69) is 33.8 Å². The first-order valence-corrected chi connectivity index (χ1v) is 4.35. The highest BCUT2D eigenvalue weighted by molar-refractivity contribution is 5.97. The lowest BCUT2D eigenvalue weighted by Crippen LogP contribution is -2.47. The van der Waals surface area contributed by atoms with Gasteiger partial charge in [0.1, 0.15) is 6.04 Å². The molecule has 0 saturated carbocycles. The van der Waals surface area contributed by atoms with Gasteiger partial charge in [-0.3, -0.25) is 10.1 Å². The van der Waals surface area contributed by atoms with Gasteiger partial charge in [0.05, 0.1) is 12.5 Å². The minimum Gasteiger partial charge on any atom is -0.360 e. The molecule has 0 aliphatic carbocycles. The molecular weight excluding hydrogens is 196 g/mol. The first kappa shape index (κ1) is 10.9. The molecule has 15 heavy (non-hydrogen) atoms. The van der Waals surface area contributed by atoms with Crippen LogP contribution in [-0.4, -0.2) is 24.6 Å². The van der Waals surface area contributed by atoms with Crippen LogP contribution in [0.25, 0.3) is 0 Å². The molecule has 0 aromatic rings. The molecule has 1 heterocycles. The van der Waals surface area contributed by atoms with Gasteiger partial charge < -0.3 is 16.0 Å². The Labute approximate surface area is 87.5 Å². The van der Waals surface area contributed by atoms with E-state index in [9.17, 15) is 9.59 Å². The van der Waals surface area contributed by atoms with E-state index in [1.54, 1.807) is 0 Å². The van der Waals surface area contributed by atoms with E-state index in [1.807, 2.05) is 0 Å². The quantitative estimate of drug-likeness (QED) is 0.409. The number of nitrogens with one attached hydrogen (secondary N) is 4. The van der Waals surface area contributed by atoms with Crippen LogP contribution in [0.1, 0.15) is 6.42 Å². The standard InChI is InChI=1S/C9H12N4O2/c1-3-4-7-8(14)13-9(15)11-5-10-6(2)12-7/h1,7,10,12H,2,4-5H2,(H2,11,13,14,15). The summed E-state index contributed by atoms with van der Waals surface area (Å²) in [4.78, 5) is 22.5. The predicted molar refractivity (Wildman–Crippen MR) is 54.2 cm³/mol. The average Bonchev–Trinajstić information content (AvgIpc) is 2.20. The third kappa shape index (κ3) is 3.23. The van der Waals surface area contributed by atoms with Crippen LogP contribution >= 0.6 is 0 Å². The van der Waals surface area contributed by atoms with E-state index in [0.717, 1.165) is 0 Å². The second-order valence-electron chi connectivity index (χ2n) is 2.93. The van der Waals surface area contributed by atoms with Gasteiger partial charge >= 0.3 is 6.03 Å². The Kier molecular flexibility index (Phi) is 3.57. The van der Waals surface area contributed by atoms with E-state index < -0.39 is 18.0 Å². The van der Waals surface area contributed by atoms with Crippen LogP contribution in [0.2, 0.25) is 0 Å². The number of terminal acetylenes is 1. The molecule has 0 bridgehead atoms. The summed E-state index contributed by atoms with van der Waals surface area (Å²) in [5, 5.41) is 10.1. The second kappa shape index (κ2) is 4.91. The van der Waals surface area contributed by atoms with E-state index in [4.69, 9.17) is 6.42 Å². The average molecular weight is 208 g/mol. The molecule has 1 atom stereocenters. The van der Waals surface area contributed by atoms with E-state index >= 15 is 0 Å². The number of rotatable bonds is 1. The highest BCUT2D eigenvalue weighted by Gasteiger charge is 2.21. The van der Waals surface area contributed by atoms with Gasteiger partial charge in [0.15, 0.2) is 0 Å². The Balaban J connectivity index is 2.74. The van der Waals surface area contributed by atoms with Crippen LogP contribution in [-0.2, 0) is 4.79 Å². The van der Waals surface area contributed by atoms with Crippen LogP contribution in [0.5, 0.6) is 0 Å². The summed E-state index contributed by atoms with van der Waals surface area (Å²) in [5.41, 5.74) is 0. The SMILES string of the molecule is C#CCC1NC(=C)NCNC(=O)NC1=O. The summed E-state index contributed by atoms with van der Waals surface area (Å²) < 4.78 is 0. The van der Waals surface area contributed by atoms with Gasteiger partial charge in [-0.1, -0.05) is 6.58 Å². The van der Waals surface area contributed by atoms with Crippen LogP contribution in [0, 0.1) is 12.3 Å². The Morgan fingerprint density at radius 3 is 2.87 bits per heavy atom. The van der Waals surface area contributed by atoms with E-state index in [1.165, 1.54) is 0 Å². The molecule has 4 N–H and O–H groups in total. The van der Waals surface area contributed by atoms with Gasteiger partial charge in [-0.25, -0.2) is 4.79 Å². The van der Waals surface area contributed by atoms with Crippen LogP contribution in [0.3, 0.4) is 0 Å². The van der Waals surface area contributed by atoms with Gasteiger partial charge in [-0.15, -0.1) is 12.3 Å². The fraction of sp³-hybridized carbons (Fsp3) is 0.333. The predicted octanol–water partition coefficient (Wildman–Crippen LogP) is -1.17. The molecule has 3 amide bonds. The summed E-state index contributed by atoms with van der Waals surface area (Å²) in [6, 6.07) is -1.22. The minimum atomic E-state index is -0.654. The second-order valence-corrected chi connectivity index (χ2v) is 2.93. The third-order valence-electron chi connectivity index (χ3n) is 1.77. The molecule has 1 aliphatic rings. The Bertz CT molecular complexity index is 331. The summed E-state index contributed by atoms with van der Waals surface area (Å²) in [6.07, 6.45) is 5.29. The van der Waals surface area contributed by atoms with E-state index in [-0.39, 0.29) is 13.1 Å². The summed E-state index contributed by atoms with van der Waals surface area (Å²) in [5.74, 6) is 2.31. The van der Waals surface area contributed by atoms with Crippen molar-refractivity contribution in [3.63, 3.8) is 0 Å². The highest BCUT2D eigenvalue weighted by atomic mass is 16.2. The van der Waals surface area contributed by atoms with Crippen LogP contribution in [0.4, 0.5) is 4.79 Å². The summed E-state index contributed by atoms with van der Waals surface area (Å²) in [7, 11) is 0. The number of urea groups is 1. The molecule has 0 spiro atoms. The molecular formula is C9H12N4O2. The first-order valence-electron chi connectivity index (χ1n) is 4.35. The summed E-state index contributed by atoms with van der Waals surface area (Å²) in [6.45, 7) is 3.82. The number of hydrogen-bond acceptors (Lipinski definition) is 4. The zero-order valence-corrected chi connectivity index (χ0v) is 8.09. The van der Waals surface area contributed by atoms with Crippen LogP contribution < -0.4 is 21.3 Å². The molecule has 0 aromatic carbocycles. The monoisotopic (exact) mass is 208 g/mol. The molecule has 6 heteroatoms. The molecule has 0 radical (unpaired) electrons. The minimum absolute atomic E-state index is 0.180. The van der Waals surface area contributed by atoms with Crippen molar-refractivity contribution >= 4 is 11.9 Å². The number of amides is 3. The lowest BCUT2D eigenvalue weighted by Gasteiger charge is -2.16. The first-order chi connectivity index (χ1) is 7.13. The van der Waals surface area contributed by atoms with Gasteiger partial charge in [0, 0.05) is 6.42 Å². The number of carbonyl (C=O) groups is 2. The van der Waals surface area contributed by atoms with Crippen molar-refractivity contribution in [2.75, 3.05) is 6.67 Å². The highest BCUT2D eigenvalue weighted by Crippen LogP contribution is 1.94. The Hall–Kier alpha value is -2.16. The fourth-order valence-electron chi connectivity index (χ4n) is 1.06. The van der Waals surface area contributed by atoms with Crippen molar-refractivity contribution < 1.29 is 9.59 Å². The van der Waals surface area contributed by atoms with Gasteiger partial charge in [-0.2, -0.15) is 0 Å². The molecule has 1 aliphatic heterocycles. The van der Waals surface area contributed by atoms with Gasteiger partial charge in [-0.05, 0) is 0 Å². The Morgan fingerprint density at radius 2 is 2.20 bits per heavy atom. The number of imide groups is 1. The molecule has 1 fully saturated rings. The smallest absolute Gasteiger partial charge is 0.322 e. The van der Waals surface area contributed by atoms with Crippen molar-refractivity contribution in [3.05, 3.63) is 12.4 Å². The topological polar surface area (TPSA) is 82.3 Å². The van der Waals surface area contributed by atoms with Crippen LogP contribution in [0.15, 0.2) is 12.4 Å². The molecule has 0 aromatic heterocycles. The molecule has 80 valence electrons. The fourth-order valence-corrected chi connectivity index (χ4v) is 1.06. The van der Waals surface area contributed by atoms with Crippen molar-refractivity contribution in [2.24, 2.45) is 0 Å². The zero-order chi connectivity index (χ0) is 11.3.